The zero-order chi connectivity index (χ0) is 21.8. The molecule has 2 aliphatic rings. The van der Waals surface area contributed by atoms with E-state index < -0.39 is 0 Å². The van der Waals surface area contributed by atoms with Gasteiger partial charge in [-0.1, -0.05) is 50.6 Å². The Bertz CT molecular complexity index is 955. The van der Waals surface area contributed by atoms with Gasteiger partial charge in [0.15, 0.2) is 5.78 Å². The molecule has 1 amide bonds. The predicted molar refractivity (Wildman–Crippen MR) is 123 cm³/mol. The molecule has 2 N–H and O–H groups in total. The van der Waals surface area contributed by atoms with Crippen molar-refractivity contribution in [2.45, 2.75) is 58.5 Å². The van der Waals surface area contributed by atoms with Crippen molar-refractivity contribution < 1.29 is 14.3 Å². The van der Waals surface area contributed by atoms with Crippen molar-refractivity contribution in [2.75, 3.05) is 18.4 Å². The van der Waals surface area contributed by atoms with E-state index >= 15 is 0 Å². The first-order chi connectivity index (χ1) is 15.1. The Morgan fingerprint density at radius 3 is 2.77 bits per heavy atom. The second kappa shape index (κ2) is 9.65. The molecule has 0 radical (unpaired) electrons. The number of amides is 1. The molecular weight excluding hydrogens is 388 g/mol. The number of carbonyl (C=O) groups is 2. The minimum Gasteiger partial charge on any atom is -0.489 e. The average Bonchev–Trinajstić information content (AvgIpc) is 2.76. The summed E-state index contributed by atoms with van der Waals surface area (Å²) in [7, 11) is 0. The van der Waals surface area contributed by atoms with Crippen LogP contribution in [0.4, 0.5) is 5.69 Å². The molecule has 1 aliphatic heterocycles. The standard InChI is InChI=1S/C26H32N2O3/c1-3-4-12-27-15-19-10-11-20-22(31-16-18-8-6-5-7-9-18)14-21-24(25(20)26(19)30)17(2)13-23(29)28-21/h5-9,14,17,19,27H,3-4,10-13,15-16H2,1-2H3,(H,28,29). The SMILES string of the molecule is CCCCNCC1CCc2c(OCc3ccccc3)cc3c(c2C1=O)C(C)CC(=O)N3. The molecule has 2 aromatic rings. The molecule has 1 aliphatic carbocycles. The molecule has 31 heavy (non-hydrogen) atoms. The highest BCUT2D eigenvalue weighted by Gasteiger charge is 2.36. The summed E-state index contributed by atoms with van der Waals surface area (Å²) in [6, 6.07) is 11.9. The summed E-state index contributed by atoms with van der Waals surface area (Å²) in [6.07, 6.45) is 4.32. The molecule has 2 atom stereocenters. The zero-order valence-corrected chi connectivity index (χ0v) is 18.5. The summed E-state index contributed by atoms with van der Waals surface area (Å²) < 4.78 is 6.20. The number of ether oxygens (including phenoxy) is 1. The first-order valence-electron chi connectivity index (χ1n) is 11.5. The number of Topliss-reactive ketones (excluding diaryl/α,β-unsaturated/α-hetero) is 1. The highest BCUT2D eigenvalue weighted by molar-refractivity contribution is 6.06. The average molecular weight is 421 g/mol. The van der Waals surface area contributed by atoms with E-state index in [1.807, 2.05) is 43.3 Å². The second-order valence-electron chi connectivity index (χ2n) is 8.77. The Labute approximate surface area is 184 Å². The minimum absolute atomic E-state index is 0.00463. The Morgan fingerprint density at radius 2 is 2.00 bits per heavy atom. The number of rotatable bonds is 8. The maximum atomic E-state index is 13.6. The molecule has 0 saturated carbocycles. The number of benzene rings is 2. The highest BCUT2D eigenvalue weighted by Crippen LogP contribution is 2.44. The summed E-state index contributed by atoms with van der Waals surface area (Å²) in [5.41, 5.74) is 4.60. The lowest BCUT2D eigenvalue weighted by molar-refractivity contribution is -0.116. The topological polar surface area (TPSA) is 67.4 Å². The van der Waals surface area contributed by atoms with Gasteiger partial charge in [-0.3, -0.25) is 9.59 Å². The van der Waals surface area contributed by atoms with Crippen LogP contribution in [-0.4, -0.2) is 24.8 Å². The molecule has 2 aromatic carbocycles. The van der Waals surface area contributed by atoms with Gasteiger partial charge in [-0.15, -0.1) is 0 Å². The van der Waals surface area contributed by atoms with Crippen LogP contribution in [-0.2, 0) is 17.8 Å². The second-order valence-corrected chi connectivity index (χ2v) is 8.77. The molecule has 0 spiro atoms. The third kappa shape index (κ3) is 4.67. The third-order valence-corrected chi connectivity index (χ3v) is 6.39. The van der Waals surface area contributed by atoms with E-state index in [-0.39, 0.29) is 23.5 Å². The number of anilines is 1. The van der Waals surface area contributed by atoms with Crippen LogP contribution < -0.4 is 15.4 Å². The van der Waals surface area contributed by atoms with Crippen molar-refractivity contribution in [3.63, 3.8) is 0 Å². The van der Waals surface area contributed by atoms with Gasteiger partial charge in [0.25, 0.3) is 0 Å². The monoisotopic (exact) mass is 420 g/mol. The van der Waals surface area contributed by atoms with Crippen molar-refractivity contribution in [1.82, 2.24) is 5.32 Å². The van der Waals surface area contributed by atoms with Crippen molar-refractivity contribution >= 4 is 17.4 Å². The summed E-state index contributed by atoms with van der Waals surface area (Å²) >= 11 is 0. The van der Waals surface area contributed by atoms with Crippen molar-refractivity contribution in [3.8, 4) is 5.75 Å². The lowest BCUT2D eigenvalue weighted by atomic mass is 9.75. The Kier molecular flexibility index (Phi) is 6.71. The number of carbonyl (C=O) groups excluding carboxylic acids is 2. The number of unbranched alkanes of at least 4 members (excludes halogenated alkanes) is 1. The van der Waals surface area contributed by atoms with Crippen molar-refractivity contribution in [1.29, 1.82) is 0 Å². The fourth-order valence-corrected chi connectivity index (χ4v) is 4.73. The van der Waals surface area contributed by atoms with Gasteiger partial charge in [0.1, 0.15) is 12.4 Å². The number of hydrogen-bond donors (Lipinski definition) is 2. The van der Waals surface area contributed by atoms with E-state index in [0.717, 1.165) is 65.9 Å². The van der Waals surface area contributed by atoms with Crippen LogP contribution in [0.3, 0.4) is 0 Å². The van der Waals surface area contributed by atoms with E-state index in [1.54, 1.807) is 0 Å². The third-order valence-electron chi connectivity index (χ3n) is 6.39. The Balaban J connectivity index is 1.66. The predicted octanol–water partition coefficient (Wildman–Crippen LogP) is 4.85. The lowest BCUT2D eigenvalue weighted by Crippen LogP contribution is -2.35. The molecule has 4 rings (SSSR count). The van der Waals surface area contributed by atoms with E-state index in [4.69, 9.17) is 4.74 Å². The molecular formula is C26H32N2O3. The first-order valence-corrected chi connectivity index (χ1v) is 11.5. The van der Waals surface area contributed by atoms with Crippen LogP contribution >= 0.6 is 0 Å². The van der Waals surface area contributed by atoms with E-state index in [0.29, 0.717) is 19.6 Å². The van der Waals surface area contributed by atoms with E-state index in [9.17, 15) is 9.59 Å². The van der Waals surface area contributed by atoms with E-state index in [2.05, 4.69) is 17.6 Å². The smallest absolute Gasteiger partial charge is 0.224 e. The minimum atomic E-state index is -0.0253. The number of ketones is 1. The molecule has 5 nitrogen and oxygen atoms in total. The van der Waals surface area contributed by atoms with Gasteiger partial charge in [0.2, 0.25) is 5.91 Å². The van der Waals surface area contributed by atoms with Crippen LogP contribution in [0.25, 0.3) is 0 Å². The Hall–Kier alpha value is -2.66. The van der Waals surface area contributed by atoms with Gasteiger partial charge >= 0.3 is 0 Å². The van der Waals surface area contributed by atoms with Crippen LogP contribution in [0.15, 0.2) is 36.4 Å². The molecule has 2 unspecified atom stereocenters. The van der Waals surface area contributed by atoms with Crippen LogP contribution in [0.1, 0.15) is 72.5 Å². The van der Waals surface area contributed by atoms with Crippen molar-refractivity contribution in [3.05, 3.63) is 58.7 Å². The number of hydrogen-bond acceptors (Lipinski definition) is 4. The normalized spacial score (nSPS) is 20.1. The lowest BCUT2D eigenvalue weighted by Gasteiger charge is -2.33. The summed E-state index contributed by atoms with van der Waals surface area (Å²) in [4.78, 5) is 25.8. The maximum absolute atomic E-state index is 13.6. The molecule has 164 valence electrons. The van der Waals surface area contributed by atoms with Crippen LogP contribution in [0.2, 0.25) is 0 Å². The van der Waals surface area contributed by atoms with Gasteiger partial charge in [-0.2, -0.15) is 0 Å². The van der Waals surface area contributed by atoms with Crippen molar-refractivity contribution in [2.24, 2.45) is 5.92 Å². The zero-order valence-electron chi connectivity index (χ0n) is 18.5. The molecule has 0 aromatic heterocycles. The number of fused-ring (bicyclic) bond motifs is 3. The first kappa shape index (κ1) is 21.6. The summed E-state index contributed by atoms with van der Waals surface area (Å²) in [6.45, 7) is 6.30. The molecule has 0 bridgehead atoms. The molecule has 0 fully saturated rings. The fourth-order valence-electron chi connectivity index (χ4n) is 4.73. The maximum Gasteiger partial charge on any atom is 0.224 e. The van der Waals surface area contributed by atoms with Gasteiger partial charge in [0.05, 0.1) is 0 Å². The molecule has 5 heteroatoms. The van der Waals surface area contributed by atoms with Crippen LogP contribution in [0, 0.1) is 5.92 Å². The molecule has 1 heterocycles. The fraction of sp³-hybridized carbons (Fsp3) is 0.462. The van der Waals surface area contributed by atoms with Gasteiger partial charge in [-0.05, 0) is 42.9 Å². The van der Waals surface area contributed by atoms with Gasteiger partial charge in [0, 0.05) is 41.8 Å². The largest absolute Gasteiger partial charge is 0.489 e. The van der Waals surface area contributed by atoms with Gasteiger partial charge in [-0.25, -0.2) is 0 Å². The quantitative estimate of drug-likeness (QED) is 0.599. The number of nitrogens with one attached hydrogen (secondary N) is 2. The van der Waals surface area contributed by atoms with Crippen LogP contribution in [0.5, 0.6) is 5.75 Å². The Morgan fingerprint density at radius 1 is 1.19 bits per heavy atom. The van der Waals surface area contributed by atoms with Gasteiger partial charge < -0.3 is 15.4 Å². The highest BCUT2D eigenvalue weighted by atomic mass is 16.5. The van der Waals surface area contributed by atoms with E-state index in [1.165, 1.54) is 0 Å². The molecule has 0 saturated heterocycles. The summed E-state index contributed by atoms with van der Waals surface area (Å²) in [5.74, 6) is 0.904. The summed E-state index contributed by atoms with van der Waals surface area (Å²) in [5, 5.41) is 6.44.